The maximum absolute atomic E-state index is 12.3. The molecule has 1 aromatic rings. The number of sulfonamides is 1. The molecule has 2 atom stereocenters. The minimum atomic E-state index is -3.40. The molecule has 0 amide bonds. The normalized spacial score (nSPS) is 24.5. The van der Waals surface area contributed by atoms with Crippen LogP contribution in [0.3, 0.4) is 0 Å². The molecule has 1 aromatic heterocycles. The first-order valence-corrected chi connectivity index (χ1v) is 9.05. The first-order chi connectivity index (χ1) is 9.03. The molecule has 1 aliphatic rings. The Morgan fingerprint density at radius 1 is 1.37 bits per heavy atom. The fraction of sp³-hybridized carbons (Fsp3) is 0.692. The van der Waals surface area contributed by atoms with Crippen LogP contribution < -0.4 is 4.72 Å². The van der Waals surface area contributed by atoms with Crippen LogP contribution >= 0.6 is 11.3 Å². The van der Waals surface area contributed by atoms with E-state index in [0.717, 1.165) is 24.1 Å². The van der Waals surface area contributed by atoms with Gasteiger partial charge in [0.2, 0.25) is 10.0 Å². The van der Waals surface area contributed by atoms with Gasteiger partial charge < -0.3 is 5.11 Å². The van der Waals surface area contributed by atoms with Crippen molar-refractivity contribution in [3.8, 4) is 0 Å². The summed E-state index contributed by atoms with van der Waals surface area (Å²) in [5.41, 5.74) is 0. The lowest BCUT2D eigenvalue weighted by atomic mass is 9.87. The lowest BCUT2D eigenvalue weighted by molar-refractivity contribution is 0.300. The van der Waals surface area contributed by atoms with Crippen LogP contribution in [0.1, 0.15) is 37.5 Å². The molecular formula is C13H21NO3S2. The van der Waals surface area contributed by atoms with E-state index in [1.54, 1.807) is 12.1 Å². The highest BCUT2D eigenvalue weighted by atomic mass is 32.2. The molecule has 4 nitrogen and oxygen atoms in total. The Hall–Kier alpha value is -0.430. The average Bonchev–Trinajstić information content (AvgIpc) is 2.82. The fourth-order valence-electron chi connectivity index (χ4n) is 2.50. The SMILES string of the molecule is CC1CCCCC1NS(=O)(=O)c1ccc(CCO)s1. The van der Waals surface area contributed by atoms with E-state index in [1.807, 2.05) is 0 Å². The van der Waals surface area contributed by atoms with Crippen LogP contribution in [0.15, 0.2) is 16.3 Å². The summed E-state index contributed by atoms with van der Waals surface area (Å²) in [7, 11) is -3.40. The minimum absolute atomic E-state index is 0.0487. The van der Waals surface area contributed by atoms with E-state index < -0.39 is 10.0 Å². The van der Waals surface area contributed by atoms with E-state index in [1.165, 1.54) is 17.8 Å². The molecule has 1 saturated carbocycles. The van der Waals surface area contributed by atoms with Gasteiger partial charge in [-0.25, -0.2) is 13.1 Å². The quantitative estimate of drug-likeness (QED) is 0.876. The van der Waals surface area contributed by atoms with Crippen LogP contribution in [0.25, 0.3) is 0 Å². The van der Waals surface area contributed by atoms with Crippen LogP contribution in [-0.2, 0) is 16.4 Å². The molecule has 6 heteroatoms. The van der Waals surface area contributed by atoms with Crippen molar-refractivity contribution in [2.24, 2.45) is 5.92 Å². The van der Waals surface area contributed by atoms with Crippen molar-refractivity contribution in [1.82, 2.24) is 4.72 Å². The molecule has 1 heterocycles. The van der Waals surface area contributed by atoms with Gasteiger partial charge in [0.25, 0.3) is 0 Å². The van der Waals surface area contributed by atoms with Crippen LogP contribution in [0.4, 0.5) is 0 Å². The zero-order chi connectivity index (χ0) is 13.9. The van der Waals surface area contributed by atoms with Gasteiger partial charge in [-0.3, -0.25) is 0 Å². The first-order valence-electron chi connectivity index (χ1n) is 6.75. The summed E-state index contributed by atoms with van der Waals surface area (Å²) in [6, 6.07) is 3.47. The van der Waals surface area contributed by atoms with E-state index >= 15 is 0 Å². The first kappa shape index (κ1) is 15.0. The van der Waals surface area contributed by atoms with E-state index in [-0.39, 0.29) is 12.6 Å². The molecular weight excluding hydrogens is 282 g/mol. The van der Waals surface area contributed by atoms with E-state index in [9.17, 15) is 8.42 Å². The molecule has 2 unspecified atom stereocenters. The van der Waals surface area contributed by atoms with Gasteiger partial charge in [-0.1, -0.05) is 19.8 Å². The third-order valence-corrected chi connectivity index (χ3v) is 6.80. The second-order valence-corrected chi connectivity index (χ2v) is 8.29. The highest BCUT2D eigenvalue weighted by Gasteiger charge is 2.27. The lowest BCUT2D eigenvalue weighted by Crippen LogP contribution is -2.40. The largest absolute Gasteiger partial charge is 0.396 e. The molecule has 0 aromatic carbocycles. The molecule has 0 saturated heterocycles. The lowest BCUT2D eigenvalue weighted by Gasteiger charge is -2.28. The smallest absolute Gasteiger partial charge is 0.250 e. The van der Waals surface area contributed by atoms with Gasteiger partial charge in [-0.05, 0) is 30.9 Å². The number of nitrogens with one attached hydrogen (secondary N) is 1. The summed E-state index contributed by atoms with van der Waals surface area (Å²) >= 11 is 1.24. The Balaban J connectivity index is 2.08. The molecule has 0 radical (unpaired) electrons. The highest BCUT2D eigenvalue weighted by molar-refractivity contribution is 7.91. The third-order valence-electron chi connectivity index (χ3n) is 3.68. The number of aliphatic hydroxyl groups excluding tert-OH is 1. The molecule has 0 spiro atoms. The second-order valence-electron chi connectivity index (χ2n) is 5.18. The maximum atomic E-state index is 12.3. The number of thiophene rings is 1. The Morgan fingerprint density at radius 3 is 2.79 bits per heavy atom. The van der Waals surface area contributed by atoms with E-state index in [2.05, 4.69) is 11.6 Å². The standard InChI is InChI=1S/C13H21NO3S2/c1-10-4-2-3-5-12(10)14-19(16,17)13-7-6-11(18-13)8-9-15/h6-7,10,12,14-15H,2-5,8-9H2,1H3. The van der Waals surface area contributed by atoms with Crippen LogP contribution in [0.5, 0.6) is 0 Å². The second kappa shape index (κ2) is 6.35. The highest BCUT2D eigenvalue weighted by Crippen LogP contribution is 2.27. The molecule has 19 heavy (non-hydrogen) atoms. The van der Waals surface area contributed by atoms with Gasteiger partial charge >= 0.3 is 0 Å². The average molecular weight is 303 g/mol. The van der Waals surface area contributed by atoms with Gasteiger partial charge in [0.15, 0.2) is 0 Å². The van der Waals surface area contributed by atoms with Crippen molar-refractivity contribution in [2.75, 3.05) is 6.61 Å². The van der Waals surface area contributed by atoms with E-state index in [4.69, 9.17) is 5.11 Å². The number of hydrogen-bond acceptors (Lipinski definition) is 4. The van der Waals surface area contributed by atoms with Crippen molar-refractivity contribution < 1.29 is 13.5 Å². The molecule has 108 valence electrons. The van der Waals surface area contributed by atoms with Gasteiger partial charge in [0, 0.05) is 23.9 Å². The van der Waals surface area contributed by atoms with Crippen molar-refractivity contribution in [1.29, 1.82) is 0 Å². The molecule has 0 aliphatic heterocycles. The van der Waals surface area contributed by atoms with Crippen molar-refractivity contribution in [3.05, 3.63) is 17.0 Å². The van der Waals surface area contributed by atoms with Gasteiger partial charge in [0.05, 0.1) is 0 Å². The van der Waals surface area contributed by atoms with E-state index in [0.29, 0.717) is 16.5 Å². The van der Waals surface area contributed by atoms with Gasteiger partial charge in [-0.2, -0.15) is 0 Å². The molecule has 1 aliphatic carbocycles. The zero-order valence-corrected chi connectivity index (χ0v) is 12.8. The van der Waals surface area contributed by atoms with Crippen molar-refractivity contribution in [2.45, 2.75) is 49.3 Å². The van der Waals surface area contributed by atoms with Crippen molar-refractivity contribution >= 4 is 21.4 Å². The van der Waals surface area contributed by atoms with Crippen molar-refractivity contribution in [3.63, 3.8) is 0 Å². The Morgan fingerprint density at radius 2 is 2.11 bits per heavy atom. The molecule has 2 N–H and O–H groups in total. The predicted molar refractivity (Wildman–Crippen MR) is 76.9 cm³/mol. The maximum Gasteiger partial charge on any atom is 0.250 e. The number of rotatable bonds is 5. The van der Waals surface area contributed by atoms with Gasteiger partial charge in [-0.15, -0.1) is 11.3 Å². The number of hydrogen-bond donors (Lipinski definition) is 2. The summed E-state index contributed by atoms with van der Waals surface area (Å²) in [4.78, 5) is 0.902. The Labute approximate surface area is 118 Å². The molecule has 2 rings (SSSR count). The Kier molecular flexibility index (Phi) is 5.00. The third kappa shape index (κ3) is 3.78. The minimum Gasteiger partial charge on any atom is -0.396 e. The topological polar surface area (TPSA) is 66.4 Å². The van der Waals surface area contributed by atoms with Gasteiger partial charge in [0.1, 0.15) is 4.21 Å². The summed E-state index contributed by atoms with van der Waals surface area (Å²) in [6.45, 7) is 2.16. The van der Waals surface area contributed by atoms with Crippen LogP contribution in [-0.4, -0.2) is 26.2 Å². The Bertz CT molecular complexity index is 510. The zero-order valence-electron chi connectivity index (χ0n) is 11.1. The summed E-state index contributed by atoms with van der Waals surface area (Å²) in [5.74, 6) is 0.403. The van der Waals surface area contributed by atoms with Crippen LogP contribution in [0.2, 0.25) is 0 Å². The summed E-state index contributed by atoms with van der Waals surface area (Å²) < 4.78 is 27.8. The fourth-order valence-corrected chi connectivity index (χ4v) is 5.24. The summed E-state index contributed by atoms with van der Waals surface area (Å²) in [5, 5.41) is 8.87. The number of aliphatic hydroxyl groups is 1. The molecule has 0 bridgehead atoms. The molecule has 1 fully saturated rings. The monoisotopic (exact) mass is 303 g/mol. The van der Waals surface area contributed by atoms with Crippen LogP contribution in [0, 0.1) is 5.92 Å². The predicted octanol–water partition coefficient (Wildman–Crippen LogP) is 2.14. The summed E-state index contributed by atoms with van der Waals surface area (Å²) in [6.07, 6.45) is 4.82.